The molecular weight excluding hydrogens is 803 g/mol. The van der Waals surface area contributed by atoms with Crippen LogP contribution in [0.25, 0.3) is 6.08 Å². The number of benzene rings is 6. The molecule has 340 valence electrons. The van der Waals surface area contributed by atoms with Crippen molar-refractivity contribution in [3.8, 4) is 17.2 Å². The summed E-state index contributed by atoms with van der Waals surface area (Å²) in [5, 5.41) is 12.0. The molecule has 0 saturated carbocycles. The average Bonchev–Trinajstić information content (AvgIpc) is 3.35. The van der Waals surface area contributed by atoms with Crippen LogP contribution >= 0.6 is 0 Å². The molecule has 2 saturated heterocycles. The van der Waals surface area contributed by atoms with E-state index in [0.717, 1.165) is 62.4 Å². The highest BCUT2D eigenvalue weighted by molar-refractivity contribution is 5.73. The Hall–Kier alpha value is -5.99. The summed E-state index contributed by atoms with van der Waals surface area (Å²) in [5.41, 5.74) is 10.2. The van der Waals surface area contributed by atoms with Gasteiger partial charge in [-0.15, -0.1) is 0 Å². The largest absolute Gasteiger partial charge is 0.508 e. The van der Waals surface area contributed by atoms with Crippen LogP contribution in [0.2, 0.25) is 0 Å². The van der Waals surface area contributed by atoms with Gasteiger partial charge in [0.15, 0.2) is 12.5 Å². The Morgan fingerprint density at radius 2 is 0.985 bits per heavy atom. The van der Waals surface area contributed by atoms with E-state index in [4.69, 9.17) is 14.6 Å². The molecule has 65 heavy (non-hydrogen) atoms. The number of rotatable bonds is 6. The second-order valence-electron chi connectivity index (χ2n) is 17.2. The molecule has 4 aliphatic rings. The molecule has 4 heterocycles. The molecular formula is C58H69N3O4. The molecule has 2 fully saturated rings. The number of nitrogens with zero attached hydrogens (tertiary/aromatic N) is 2. The van der Waals surface area contributed by atoms with E-state index in [2.05, 4.69) is 126 Å². The smallest absolute Gasteiger partial charge is 0.153 e. The van der Waals surface area contributed by atoms with Crippen LogP contribution in [0.5, 0.6) is 17.2 Å². The predicted octanol–water partition coefficient (Wildman–Crippen LogP) is 12.1. The number of aldehydes is 1. The molecule has 0 radical (unpaired) electrons. The zero-order chi connectivity index (χ0) is 44.5. The minimum Gasteiger partial charge on any atom is -0.508 e. The molecule has 0 aromatic heterocycles. The molecule has 0 amide bonds. The van der Waals surface area contributed by atoms with Crippen molar-refractivity contribution in [1.82, 2.24) is 15.1 Å². The molecule has 10 rings (SSSR count). The van der Waals surface area contributed by atoms with Gasteiger partial charge in [0, 0.05) is 62.0 Å². The minimum absolute atomic E-state index is 0. The van der Waals surface area contributed by atoms with Crippen LogP contribution in [0.4, 0.5) is 0 Å². The summed E-state index contributed by atoms with van der Waals surface area (Å²) in [5.74, 6) is 3.09. The van der Waals surface area contributed by atoms with Gasteiger partial charge >= 0.3 is 0 Å². The number of phenolic OH excluding ortho intramolecular Hbond substituents is 1. The number of nitrogens with one attached hydrogen (secondary N) is 1. The molecule has 4 atom stereocenters. The fourth-order valence-corrected chi connectivity index (χ4v) is 8.97. The van der Waals surface area contributed by atoms with E-state index in [1.807, 2.05) is 49.4 Å². The number of aromatic hydroxyl groups is 1. The maximum Gasteiger partial charge on any atom is 0.153 e. The summed E-state index contributed by atoms with van der Waals surface area (Å²) < 4.78 is 13.3. The van der Waals surface area contributed by atoms with Crippen LogP contribution in [-0.4, -0.2) is 72.9 Å². The van der Waals surface area contributed by atoms with Crippen molar-refractivity contribution in [2.45, 2.75) is 84.6 Å². The average molecular weight is 872 g/mol. The molecule has 6 aromatic carbocycles. The van der Waals surface area contributed by atoms with Gasteiger partial charge in [-0.2, -0.15) is 0 Å². The Morgan fingerprint density at radius 1 is 0.554 bits per heavy atom. The molecule has 0 aliphatic carbocycles. The van der Waals surface area contributed by atoms with E-state index in [-0.39, 0.29) is 19.9 Å². The Labute approximate surface area is 388 Å². The first-order valence-corrected chi connectivity index (χ1v) is 23.1. The number of ether oxygens (including phenoxy) is 2. The van der Waals surface area contributed by atoms with Crippen molar-refractivity contribution in [2.24, 2.45) is 0 Å². The second kappa shape index (κ2) is 24.9. The Kier molecular flexibility index (Phi) is 18.6. The third-order valence-corrected chi connectivity index (χ3v) is 12.5. The van der Waals surface area contributed by atoms with Crippen molar-refractivity contribution < 1.29 is 19.4 Å². The van der Waals surface area contributed by atoms with Gasteiger partial charge in [-0.25, -0.2) is 0 Å². The summed E-state index contributed by atoms with van der Waals surface area (Å²) in [6, 6.07) is 52.0. The van der Waals surface area contributed by atoms with E-state index in [1.54, 1.807) is 18.2 Å². The van der Waals surface area contributed by atoms with Crippen molar-refractivity contribution in [3.05, 3.63) is 202 Å². The third kappa shape index (κ3) is 14.0. The first kappa shape index (κ1) is 48.5. The van der Waals surface area contributed by atoms with Gasteiger partial charge in [-0.05, 0) is 93.7 Å². The quantitative estimate of drug-likeness (QED) is 0.128. The van der Waals surface area contributed by atoms with Crippen LogP contribution in [-0.2, 0) is 4.79 Å². The number of aryl methyl sites for hydroxylation is 3. The molecule has 7 nitrogen and oxygen atoms in total. The van der Waals surface area contributed by atoms with E-state index in [9.17, 15) is 4.79 Å². The minimum atomic E-state index is 0. The lowest BCUT2D eigenvalue weighted by Crippen LogP contribution is -2.57. The maximum atomic E-state index is 9.89. The number of hydrogen-bond donors (Lipinski definition) is 2. The summed E-state index contributed by atoms with van der Waals surface area (Å²) in [7, 11) is 0. The summed E-state index contributed by atoms with van der Waals surface area (Å²) in [6.07, 6.45) is 10.3. The van der Waals surface area contributed by atoms with E-state index in [1.165, 1.54) is 77.4 Å². The van der Waals surface area contributed by atoms with Gasteiger partial charge < -0.3 is 19.9 Å². The lowest BCUT2D eigenvalue weighted by Gasteiger charge is -2.46. The van der Waals surface area contributed by atoms with Crippen LogP contribution in [0.1, 0.15) is 95.9 Å². The molecule has 4 aliphatic heterocycles. The summed E-state index contributed by atoms with van der Waals surface area (Å²) in [6.45, 7) is 12.7. The topological polar surface area (TPSA) is 74.3 Å². The van der Waals surface area contributed by atoms with Crippen molar-refractivity contribution in [1.29, 1.82) is 0 Å². The number of allylic oxidation sites excluding steroid dienone is 1. The number of carbonyl (C=O) groups excluding carboxylic acids is 1. The fourth-order valence-electron chi connectivity index (χ4n) is 8.97. The molecule has 7 heteroatoms. The first-order valence-electron chi connectivity index (χ1n) is 23.1. The molecule has 0 spiro atoms. The lowest BCUT2D eigenvalue weighted by atomic mass is 9.84. The molecule has 0 bridgehead atoms. The maximum absolute atomic E-state index is 9.89. The lowest BCUT2D eigenvalue weighted by molar-refractivity contribution is -0.104. The van der Waals surface area contributed by atoms with Crippen LogP contribution in [0.15, 0.2) is 158 Å². The van der Waals surface area contributed by atoms with Crippen LogP contribution in [0, 0.1) is 20.8 Å². The van der Waals surface area contributed by atoms with Gasteiger partial charge in [0.05, 0.1) is 0 Å². The Bertz CT molecular complexity index is 2200. The molecule has 2 N–H and O–H groups in total. The first-order chi connectivity index (χ1) is 31.3. The SMILES string of the molecule is C.C1CCNCC1.Cc1ccc(O)cc1.Cc1ccc2c(c1)C(c1ccccc1)CC(N1CCN(C3CC(c4ccccc4)c4cc(C)ccc4O3)CC1)O2.O=C/C=C/c1ccccc1. The zero-order valence-electron chi connectivity index (χ0n) is 37.8. The highest BCUT2D eigenvalue weighted by Gasteiger charge is 2.38. The van der Waals surface area contributed by atoms with Crippen LogP contribution < -0.4 is 14.8 Å². The highest BCUT2D eigenvalue weighted by Crippen LogP contribution is 2.44. The van der Waals surface area contributed by atoms with Crippen molar-refractivity contribution in [2.75, 3.05) is 39.3 Å². The van der Waals surface area contributed by atoms with Crippen molar-refractivity contribution >= 4 is 12.4 Å². The number of fused-ring (bicyclic) bond motifs is 2. The normalized spacial score (nSPS) is 20.2. The number of phenols is 1. The van der Waals surface area contributed by atoms with E-state index < -0.39 is 0 Å². The number of piperidine rings is 1. The Morgan fingerprint density at radius 3 is 1.37 bits per heavy atom. The number of hydrogen-bond acceptors (Lipinski definition) is 7. The second-order valence-corrected chi connectivity index (χ2v) is 17.2. The molecule has 4 unspecified atom stereocenters. The van der Waals surface area contributed by atoms with E-state index >= 15 is 0 Å². The third-order valence-electron chi connectivity index (χ3n) is 12.5. The molecule has 6 aromatic rings. The van der Waals surface area contributed by atoms with Gasteiger partial charge in [-0.3, -0.25) is 14.6 Å². The van der Waals surface area contributed by atoms with Gasteiger partial charge in [0.1, 0.15) is 23.5 Å². The summed E-state index contributed by atoms with van der Waals surface area (Å²) >= 11 is 0. The fraction of sp³-hybridized carbons (Fsp3) is 0.328. The number of piperazine rings is 1. The Balaban J connectivity index is 0.000000226. The van der Waals surface area contributed by atoms with E-state index in [0.29, 0.717) is 17.6 Å². The number of carbonyl (C=O) groups is 1. The predicted molar refractivity (Wildman–Crippen MR) is 268 cm³/mol. The van der Waals surface area contributed by atoms with Gasteiger partial charge in [0.25, 0.3) is 0 Å². The van der Waals surface area contributed by atoms with Gasteiger partial charge in [0.2, 0.25) is 0 Å². The standard InChI is InChI=1S/C36H38N2O2.C9H8O.C7H8O.C5H11N.CH4/c1-25-13-15-33-31(21-25)29(27-9-5-3-6-10-27)23-35(39-33)37-17-19-38(20-18-37)36-24-30(28-11-7-4-8-12-28)32-22-26(2)14-16-34(32)40-36;10-8-4-7-9-5-2-1-3-6-9;1-6-2-4-7(8)5-3-6;1-2-4-6-5-3-1;/h3-16,21-22,29-30,35-36H,17-20,23-24H2,1-2H3;1-8H;2-5,8H,1H3;6H,1-5H2;1H4/b;7-4+;;;. The monoisotopic (exact) mass is 872 g/mol. The van der Waals surface area contributed by atoms with Gasteiger partial charge in [-0.1, -0.05) is 164 Å². The van der Waals surface area contributed by atoms with Crippen LogP contribution in [0.3, 0.4) is 0 Å². The van der Waals surface area contributed by atoms with Crippen molar-refractivity contribution in [3.63, 3.8) is 0 Å². The highest BCUT2D eigenvalue weighted by atomic mass is 16.5. The summed E-state index contributed by atoms with van der Waals surface area (Å²) in [4.78, 5) is 15.0. The zero-order valence-corrected chi connectivity index (χ0v) is 37.8.